The molecule has 7 heteroatoms. The van der Waals surface area contributed by atoms with Gasteiger partial charge in [-0.05, 0) is 36.2 Å². The summed E-state index contributed by atoms with van der Waals surface area (Å²) in [6.45, 7) is 0.455. The smallest absolute Gasteiger partial charge is 0.269 e. The number of nitro groups is 1. The highest BCUT2D eigenvalue weighted by Gasteiger charge is 2.09. The molecule has 0 fully saturated rings. The Morgan fingerprint density at radius 3 is 2.52 bits per heavy atom. The Balaban J connectivity index is 1.53. The first-order valence-corrected chi connectivity index (χ1v) is 7.75. The number of hydrogen-bond acceptors (Lipinski definition) is 4. The second kappa shape index (κ2) is 7.39. The van der Waals surface area contributed by atoms with Gasteiger partial charge in [0, 0.05) is 30.4 Å². The van der Waals surface area contributed by atoms with Crippen LogP contribution in [0.2, 0.25) is 0 Å². The maximum absolute atomic E-state index is 12.0. The minimum atomic E-state index is -0.494. The highest BCUT2D eigenvalue weighted by Crippen LogP contribution is 2.12. The molecule has 126 valence electrons. The van der Waals surface area contributed by atoms with Crippen molar-refractivity contribution >= 4 is 11.6 Å². The standard InChI is InChI=1S/C18H16N4O3/c23-18(15-6-8-17(9-7-15)22(24)25)19-11-10-14-12-20-21(13-14)16-4-2-1-3-5-16/h1-9,12-13H,10-11H2,(H,19,23). The summed E-state index contributed by atoms with van der Waals surface area (Å²) in [5.41, 5.74) is 2.34. The van der Waals surface area contributed by atoms with E-state index in [0.29, 0.717) is 18.5 Å². The van der Waals surface area contributed by atoms with Crippen LogP contribution in [0.3, 0.4) is 0 Å². The van der Waals surface area contributed by atoms with Crippen LogP contribution in [0.5, 0.6) is 0 Å². The van der Waals surface area contributed by atoms with E-state index in [2.05, 4.69) is 10.4 Å². The number of para-hydroxylation sites is 1. The van der Waals surface area contributed by atoms with E-state index >= 15 is 0 Å². The molecule has 0 aliphatic heterocycles. The molecule has 0 spiro atoms. The number of carbonyl (C=O) groups excluding carboxylic acids is 1. The van der Waals surface area contributed by atoms with Gasteiger partial charge in [0.25, 0.3) is 11.6 Å². The lowest BCUT2D eigenvalue weighted by Crippen LogP contribution is -2.25. The zero-order valence-electron chi connectivity index (χ0n) is 13.3. The Morgan fingerprint density at radius 2 is 1.84 bits per heavy atom. The predicted molar refractivity (Wildman–Crippen MR) is 92.7 cm³/mol. The van der Waals surface area contributed by atoms with Crippen molar-refractivity contribution in [3.8, 4) is 5.69 Å². The normalized spacial score (nSPS) is 10.4. The van der Waals surface area contributed by atoms with Crippen molar-refractivity contribution in [2.24, 2.45) is 0 Å². The molecule has 1 aromatic heterocycles. The lowest BCUT2D eigenvalue weighted by molar-refractivity contribution is -0.384. The highest BCUT2D eigenvalue weighted by atomic mass is 16.6. The summed E-state index contributed by atoms with van der Waals surface area (Å²) in [6, 6.07) is 15.3. The Morgan fingerprint density at radius 1 is 1.12 bits per heavy atom. The van der Waals surface area contributed by atoms with Crippen molar-refractivity contribution in [3.63, 3.8) is 0 Å². The third-order valence-corrected chi connectivity index (χ3v) is 3.70. The number of carbonyl (C=O) groups is 1. The van der Waals surface area contributed by atoms with E-state index in [1.807, 2.05) is 36.5 Å². The molecule has 0 atom stereocenters. The lowest BCUT2D eigenvalue weighted by Gasteiger charge is -2.04. The van der Waals surface area contributed by atoms with Gasteiger partial charge in [0.15, 0.2) is 0 Å². The highest BCUT2D eigenvalue weighted by molar-refractivity contribution is 5.94. The molecule has 0 bridgehead atoms. The summed E-state index contributed by atoms with van der Waals surface area (Å²) in [5.74, 6) is -0.259. The maximum atomic E-state index is 12.0. The molecule has 0 saturated carbocycles. The lowest BCUT2D eigenvalue weighted by atomic mass is 10.2. The van der Waals surface area contributed by atoms with Crippen molar-refractivity contribution in [1.82, 2.24) is 15.1 Å². The maximum Gasteiger partial charge on any atom is 0.269 e. The van der Waals surface area contributed by atoms with E-state index in [1.165, 1.54) is 24.3 Å². The van der Waals surface area contributed by atoms with Crippen LogP contribution in [-0.2, 0) is 6.42 Å². The van der Waals surface area contributed by atoms with E-state index in [-0.39, 0.29) is 11.6 Å². The third kappa shape index (κ3) is 4.08. The molecule has 0 saturated heterocycles. The fraction of sp³-hybridized carbons (Fsp3) is 0.111. The third-order valence-electron chi connectivity index (χ3n) is 3.70. The van der Waals surface area contributed by atoms with Gasteiger partial charge in [-0.25, -0.2) is 4.68 Å². The van der Waals surface area contributed by atoms with Crippen LogP contribution in [0.1, 0.15) is 15.9 Å². The van der Waals surface area contributed by atoms with Crippen LogP contribution < -0.4 is 5.32 Å². The molecule has 2 aromatic carbocycles. The van der Waals surface area contributed by atoms with Gasteiger partial charge in [-0.3, -0.25) is 14.9 Å². The number of nitrogens with one attached hydrogen (secondary N) is 1. The van der Waals surface area contributed by atoms with E-state index in [1.54, 1.807) is 10.9 Å². The van der Waals surface area contributed by atoms with Crippen LogP contribution in [0, 0.1) is 10.1 Å². The second-order valence-electron chi connectivity index (χ2n) is 5.44. The number of rotatable bonds is 6. The summed E-state index contributed by atoms with van der Waals surface area (Å²) in [6.07, 6.45) is 4.34. The van der Waals surface area contributed by atoms with Crippen molar-refractivity contribution in [2.45, 2.75) is 6.42 Å². The van der Waals surface area contributed by atoms with Crippen molar-refractivity contribution in [2.75, 3.05) is 6.54 Å². The molecule has 25 heavy (non-hydrogen) atoms. The zero-order valence-corrected chi connectivity index (χ0v) is 13.3. The van der Waals surface area contributed by atoms with Crippen molar-refractivity contribution in [1.29, 1.82) is 0 Å². The van der Waals surface area contributed by atoms with E-state index < -0.39 is 4.92 Å². The van der Waals surface area contributed by atoms with E-state index in [4.69, 9.17) is 0 Å². The summed E-state index contributed by atoms with van der Waals surface area (Å²) >= 11 is 0. The Labute approximate surface area is 144 Å². The number of nitro benzene ring substituents is 1. The first kappa shape index (κ1) is 16.4. The van der Waals surface area contributed by atoms with Crippen LogP contribution in [0.25, 0.3) is 5.69 Å². The van der Waals surface area contributed by atoms with Gasteiger partial charge in [-0.2, -0.15) is 5.10 Å². The minimum absolute atomic E-state index is 0.0372. The molecule has 7 nitrogen and oxygen atoms in total. The Kier molecular flexibility index (Phi) is 4.84. The first-order chi connectivity index (χ1) is 12.1. The summed E-state index contributed by atoms with van der Waals surface area (Å²) in [4.78, 5) is 22.2. The number of non-ortho nitro benzene ring substituents is 1. The molecule has 1 N–H and O–H groups in total. The average Bonchev–Trinajstić information content (AvgIpc) is 3.11. The molecule has 0 radical (unpaired) electrons. The van der Waals surface area contributed by atoms with Gasteiger partial charge in [0.2, 0.25) is 0 Å². The largest absolute Gasteiger partial charge is 0.352 e. The van der Waals surface area contributed by atoms with Crippen LogP contribution >= 0.6 is 0 Å². The number of aromatic nitrogens is 2. The molecule has 1 amide bonds. The number of amides is 1. The fourth-order valence-electron chi connectivity index (χ4n) is 2.37. The second-order valence-corrected chi connectivity index (χ2v) is 5.44. The van der Waals surface area contributed by atoms with E-state index in [9.17, 15) is 14.9 Å². The topological polar surface area (TPSA) is 90.1 Å². The van der Waals surface area contributed by atoms with Gasteiger partial charge < -0.3 is 5.32 Å². The molecule has 0 unspecified atom stereocenters. The van der Waals surface area contributed by atoms with Crippen LogP contribution in [0.4, 0.5) is 5.69 Å². The summed E-state index contributed by atoms with van der Waals surface area (Å²) in [7, 11) is 0. The molecule has 1 heterocycles. The Bertz CT molecular complexity index is 873. The predicted octanol–water partition coefficient (Wildman–Crippen LogP) is 2.75. The summed E-state index contributed by atoms with van der Waals surface area (Å²) in [5, 5.41) is 17.7. The van der Waals surface area contributed by atoms with Gasteiger partial charge >= 0.3 is 0 Å². The van der Waals surface area contributed by atoms with Gasteiger partial charge in [0.1, 0.15) is 0 Å². The van der Waals surface area contributed by atoms with Gasteiger partial charge in [0.05, 0.1) is 16.8 Å². The molecule has 0 aliphatic carbocycles. The average molecular weight is 336 g/mol. The zero-order chi connectivity index (χ0) is 17.6. The number of nitrogens with zero attached hydrogens (tertiary/aromatic N) is 3. The molecule has 0 aliphatic rings. The molecular formula is C18H16N4O3. The summed E-state index contributed by atoms with van der Waals surface area (Å²) < 4.78 is 1.79. The SMILES string of the molecule is O=C(NCCc1cnn(-c2ccccc2)c1)c1ccc([N+](=O)[O-])cc1. The minimum Gasteiger partial charge on any atom is -0.352 e. The quantitative estimate of drug-likeness (QED) is 0.553. The van der Waals surface area contributed by atoms with Crippen molar-refractivity contribution < 1.29 is 9.72 Å². The fourth-order valence-corrected chi connectivity index (χ4v) is 2.37. The first-order valence-electron chi connectivity index (χ1n) is 7.75. The number of hydrogen-bond donors (Lipinski definition) is 1. The van der Waals surface area contributed by atoms with Crippen LogP contribution in [0.15, 0.2) is 67.0 Å². The van der Waals surface area contributed by atoms with E-state index in [0.717, 1.165) is 11.3 Å². The molecule has 3 aromatic rings. The monoisotopic (exact) mass is 336 g/mol. The molecular weight excluding hydrogens is 320 g/mol. The van der Waals surface area contributed by atoms with Gasteiger partial charge in [-0.15, -0.1) is 0 Å². The Hall–Kier alpha value is -3.48. The molecule has 3 rings (SSSR count). The van der Waals surface area contributed by atoms with Gasteiger partial charge in [-0.1, -0.05) is 18.2 Å². The van der Waals surface area contributed by atoms with Crippen LogP contribution in [-0.4, -0.2) is 27.2 Å². The number of benzene rings is 2. The van der Waals surface area contributed by atoms with Crippen molar-refractivity contribution in [3.05, 3.63) is 88.2 Å².